The summed E-state index contributed by atoms with van der Waals surface area (Å²) in [5.74, 6) is 0.840. The normalized spacial score (nSPS) is 11.4. The predicted octanol–water partition coefficient (Wildman–Crippen LogP) is 2.92. The molecule has 0 heterocycles. The van der Waals surface area contributed by atoms with Gasteiger partial charge in [0.25, 0.3) is 0 Å². The SMILES string of the molecule is CCC(CC)(CO)CNc1ccc(OCCOC)cc1. The molecule has 0 amide bonds. The smallest absolute Gasteiger partial charge is 0.119 e. The molecule has 1 aromatic carbocycles. The molecule has 0 saturated heterocycles. The molecule has 0 aliphatic heterocycles. The van der Waals surface area contributed by atoms with Crippen molar-refractivity contribution in [2.75, 3.05) is 38.8 Å². The van der Waals surface area contributed by atoms with E-state index in [1.54, 1.807) is 7.11 Å². The molecule has 0 fully saturated rings. The van der Waals surface area contributed by atoms with Gasteiger partial charge in [-0.3, -0.25) is 0 Å². The first-order valence-corrected chi connectivity index (χ1v) is 7.26. The number of hydrogen-bond donors (Lipinski definition) is 2. The lowest BCUT2D eigenvalue weighted by Crippen LogP contribution is -2.32. The van der Waals surface area contributed by atoms with Gasteiger partial charge in [-0.2, -0.15) is 0 Å². The van der Waals surface area contributed by atoms with E-state index >= 15 is 0 Å². The summed E-state index contributed by atoms with van der Waals surface area (Å²) >= 11 is 0. The Kier molecular flexibility index (Phi) is 7.41. The summed E-state index contributed by atoms with van der Waals surface area (Å²) in [6.07, 6.45) is 1.93. The molecule has 0 aliphatic rings. The first-order chi connectivity index (χ1) is 9.69. The summed E-state index contributed by atoms with van der Waals surface area (Å²) in [6, 6.07) is 7.87. The van der Waals surface area contributed by atoms with Crippen LogP contribution in [0.2, 0.25) is 0 Å². The van der Waals surface area contributed by atoms with Crippen LogP contribution in [0.3, 0.4) is 0 Å². The van der Waals surface area contributed by atoms with E-state index in [1.807, 2.05) is 24.3 Å². The van der Waals surface area contributed by atoms with Gasteiger partial charge >= 0.3 is 0 Å². The van der Waals surface area contributed by atoms with Gasteiger partial charge in [0.1, 0.15) is 12.4 Å². The molecule has 4 heteroatoms. The number of rotatable bonds is 10. The molecule has 2 N–H and O–H groups in total. The van der Waals surface area contributed by atoms with Crippen LogP contribution in [0.5, 0.6) is 5.75 Å². The van der Waals surface area contributed by atoms with E-state index < -0.39 is 0 Å². The monoisotopic (exact) mass is 281 g/mol. The molecule has 4 nitrogen and oxygen atoms in total. The van der Waals surface area contributed by atoms with Crippen molar-refractivity contribution in [3.63, 3.8) is 0 Å². The van der Waals surface area contributed by atoms with Crippen LogP contribution >= 0.6 is 0 Å². The van der Waals surface area contributed by atoms with E-state index in [2.05, 4.69) is 19.2 Å². The van der Waals surface area contributed by atoms with E-state index in [9.17, 15) is 5.11 Å². The third kappa shape index (κ3) is 5.02. The van der Waals surface area contributed by atoms with Crippen LogP contribution in [0.1, 0.15) is 26.7 Å². The lowest BCUT2D eigenvalue weighted by atomic mass is 9.83. The van der Waals surface area contributed by atoms with Crippen LogP contribution < -0.4 is 10.1 Å². The second-order valence-corrected chi connectivity index (χ2v) is 5.08. The Morgan fingerprint density at radius 3 is 2.25 bits per heavy atom. The molecule has 1 aromatic rings. The maximum Gasteiger partial charge on any atom is 0.119 e. The van der Waals surface area contributed by atoms with Crippen LogP contribution in [-0.4, -0.2) is 38.6 Å². The Bertz CT molecular complexity index is 352. The number of methoxy groups -OCH3 is 1. The Morgan fingerprint density at radius 1 is 1.10 bits per heavy atom. The van der Waals surface area contributed by atoms with Gasteiger partial charge in [0.15, 0.2) is 0 Å². The van der Waals surface area contributed by atoms with E-state index in [-0.39, 0.29) is 12.0 Å². The third-order valence-corrected chi connectivity index (χ3v) is 3.91. The zero-order chi connectivity index (χ0) is 14.8. The topological polar surface area (TPSA) is 50.7 Å². The van der Waals surface area contributed by atoms with Crippen molar-refractivity contribution in [2.24, 2.45) is 5.41 Å². The minimum absolute atomic E-state index is 0.0341. The lowest BCUT2D eigenvalue weighted by molar-refractivity contribution is 0.127. The molecule has 20 heavy (non-hydrogen) atoms. The molecule has 0 atom stereocenters. The molecule has 0 radical (unpaired) electrons. The second kappa shape index (κ2) is 8.82. The van der Waals surface area contributed by atoms with E-state index in [0.717, 1.165) is 30.8 Å². The fourth-order valence-electron chi connectivity index (χ4n) is 1.98. The number of anilines is 1. The average molecular weight is 281 g/mol. The van der Waals surface area contributed by atoms with Gasteiger partial charge in [-0.25, -0.2) is 0 Å². The van der Waals surface area contributed by atoms with Crippen LogP contribution in [0.25, 0.3) is 0 Å². The van der Waals surface area contributed by atoms with Crippen molar-refractivity contribution in [1.82, 2.24) is 0 Å². The highest BCUT2D eigenvalue weighted by molar-refractivity contribution is 5.46. The summed E-state index contributed by atoms with van der Waals surface area (Å²) in [4.78, 5) is 0. The minimum atomic E-state index is -0.0341. The van der Waals surface area contributed by atoms with Crippen LogP contribution in [-0.2, 0) is 4.74 Å². The van der Waals surface area contributed by atoms with E-state index in [1.165, 1.54) is 0 Å². The largest absolute Gasteiger partial charge is 0.491 e. The van der Waals surface area contributed by atoms with Gasteiger partial charge in [-0.1, -0.05) is 13.8 Å². The molecule has 0 bridgehead atoms. The average Bonchev–Trinajstić information content (AvgIpc) is 2.51. The molecule has 0 spiro atoms. The highest BCUT2D eigenvalue weighted by atomic mass is 16.5. The summed E-state index contributed by atoms with van der Waals surface area (Å²) in [5.41, 5.74) is 1.01. The second-order valence-electron chi connectivity index (χ2n) is 5.08. The fourth-order valence-corrected chi connectivity index (χ4v) is 1.98. The van der Waals surface area contributed by atoms with Gasteiger partial charge < -0.3 is 19.9 Å². The number of benzene rings is 1. The van der Waals surface area contributed by atoms with Crippen LogP contribution in [0.4, 0.5) is 5.69 Å². The fraction of sp³-hybridized carbons (Fsp3) is 0.625. The van der Waals surface area contributed by atoms with Gasteiger partial charge in [0.2, 0.25) is 0 Å². The molecule has 1 rings (SSSR count). The summed E-state index contributed by atoms with van der Waals surface area (Å²) in [5, 5.41) is 12.9. The van der Waals surface area contributed by atoms with E-state index in [0.29, 0.717) is 13.2 Å². The quantitative estimate of drug-likeness (QED) is 0.647. The summed E-state index contributed by atoms with van der Waals surface area (Å²) in [6.45, 7) is 6.38. The highest BCUT2D eigenvalue weighted by Gasteiger charge is 2.24. The molecular weight excluding hydrogens is 254 g/mol. The van der Waals surface area contributed by atoms with Gasteiger partial charge in [0, 0.05) is 24.8 Å². The standard InChI is InChI=1S/C16H27NO3/c1-4-16(5-2,13-18)12-17-14-6-8-15(9-7-14)20-11-10-19-3/h6-9,17-18H,4-5,10-13H2,1-3H3. The lowest BCUT2D eigenvalue weighted by Gasteiger charge is -2.30. The van der Waals surface area contributed by atoms with Crippen molar-refractivity contribution in [3.8, 4) is 5.75 Å². The van der Waals surface area contributed by atoms with Gasteiger partial charge in [0.05, 0.1) is 13.2 Å². The zero-order valence-electron chi connectivity index (χ0n) is 12.8. The predicted molar refractivity (Wildman–Crippen MR) is 82.4 cm³/mol. The Balaban J connectivity index is 2.48. The Morgan fingerprint density at radius 2 is 1.75 bits per heavy atom. The first kappa shape index (κ1) is 16.8. The van der Waals surface area contributed by atoms with Crippen molar-refractivity contribution in [2.45, 2.75) is 26.7 Å². The number of nitrogens with one attached hydrogen (secondary N) is 1. The van der Waals surface area contributed by atoms with Crippen molar-refractivity contribution in [1.29, 1.82) is 0 Å². The van der Waals surface area contributed by atoms with E-state index in [4.69, 9.17) is 9.47 Å². The Labute approximate surface area is 122 Å². The maximum atomic E-state index is 9.55. The maximum absolute atomic E-state index is 9.55. The minimum Gasteiger partial charge on any atom is -0.491 e. The number of ether oxygens (including phenoxy) is 2. The van der Waals surface area contributed by atoms with Crippen molar-refractivity contribution < 1.29 is 14.6 Å². The number of aliphatic hydroxyl groups excluding tert-OH is 1. The van der Waals surface area contributed by atoms with Gasteiger partial charge in [-0.05, 0) is 37.1 Å². The van der Waals surface area contributed by atoms with Crippen LogP contribution in [0.15, 0.2) is 24.3 Å². The number of hydrogen-bond acceptors (Lipinski definition) is 4. The molecule has 0 unspecified atom stereocenters. The summed E-state index contributed by atoms with van der Waals surface area (Å²) in [7, 11) is 1.66. The Hall–Kier alpha value is -1.26. The van der Waals surface area contributed by atoms with Gasteiger partial charge in [-0.15, -0.1) is 0 Å². The van der Waals surface area contributed by atoms with Crippen LogP contribution in [0, 0.1) is 5.41 Å². The van der Waals surface area contributed by atoms with Crippen molar-refractivity contribution >= 4 is 5.69 Å². The third-order valence-electron chi connectivity index (χ3n) is 3.91. The highest BCUT2D eigenvalue weighted by Crippen LogP contribution is 2.26. The molecule has 0 saturated carbocycles. The molecule has 0 aliphatic carbocycles. The molecule has 114 valence electrons. The first-order valence-electron chi connectivity index (χ1n) is 7.26. The number of aliphatic hydroxyl groups is 1. The van der Waals surface area contributed by atoms with Crippen molar-refractivity contribution in [3.05, 3.63) is 24.3 Å². The zero-order valence-corrected chi connectivity index (χ0v) is 12.8. The summed E-state index contributed by atoms with van der Waals surface area (Å²) < 4.78 is 10.5. The molecular formula is C16H27NO3. The molecule has 0 aromatic heterocycles.